The minimum absolute atomic E-state index is 0.249. The third kappa shape index (κ3) is 3.24. The summed E-state index contributed by atoms with van der Waals surface area (Å²) >= 11 is 1.37. The number of aliphatic hydroxyl groups is 1. The molecule has 3 heterocycles. The number of anilines is 2. The van der Waals surface area contributed by atoms with Crippen LogP contribution in [0.1, 0.15) is 6.92 Å². The van der Waals surface area contributed by atoms with Gasteiger partial charge in [-0.1, -0.05) is 0 Å². The van der Waals surface area contributed by atoms with E-state index in [9.17, 15) is 9.90 Å². The lowest BCUT2D eigenvalue weighted by Crippen LogP contribution is -2.44. The van der Waals surface area contributed by atoms with Gasteiger partial charge in [0.05, 0.1) is 36.3 Å². The summed E-state index contributed by atoms with van der Waals surface area (Å²) in [4.78, 5) is 16.7. The van der Waals surface area contributed by atoms with Gasteiger partial charge < -0.3 is 19.3 Å². The van der Waals surface area contributed by atoms with Crippen LogP contribution in [0, 0.1) is 0 Å². The van der Waals surface area contributed by atoms with Gasteiger partial charge in [-0.15, -0.1) is 0 Å². The van der Waals surface area contributed by atoms with Crippen LogP contribution in [0.15, 0.2) is 28.9 Å². The number of rotatable bonds is 3. The van der Waals surface area contributed by atoms with Gasteiger partial charge in [0, 0.05) is 38.1 Å². The highest BCUT2D eigenvalue weighted by atomic mass is 32.2. The number of aliphatic hydroxyl groups excluding tert-OH is 1. The molecule has 2 aliphatic rings. The van der Waals surface area contributed by atoms with Crippen LogP contribution >= 0.6 is 12.1 Å². The Morgan fingerprint density at radius 2 is 1.96 bits per heavy atom. The van der Waals surface area contributed by atoms with Gasteiger partial charge >= 0.3 is 0 Å². The van der Waals surface area contributed by atoms with E-state index in [-0.39, 0.29) is 5.91 Å². The van der Waals surface area contributed by atoms with Crippen LogP contribution in [0.3, 0.4) is 0 Å². The molecule has 2 aromatic rings. The van der Waals surface area contributed by atoms with Crippen LogP contribution in [0.5, 0.6) is 0 Å². The highest BCUT2D eigenvalue weighted by molar-refractivity contribution is 7.99. The topological polar surface area (TPSA) is 63.4 Å². The van der Waals surface area contributed by atoms with E-state index in [2.05, 4.69) is 33.3 Å². The Labute approximate surface area is 157 Å². The van der Waals surface area contributed by atoms with Crippen molar-refractivity contribution in [2.45, 2.75) is 13.0 Å². The second-order valence-corrected chi connectivity index (χ2v) is 7.94. The first-order valence-corrected chi connectivity index (χ1v) is 9.66. The molecule has 0 saturated carbocycles. The average Bonchev–Trinajstić information content (AvgIpc) is 3.30. The van der Waals surface area contributed by atoms with Gasteiger partial charge in [-0.25, -0.2) is 0 Å². The van der Waals surface area contributed by atoms with Gasteiger partial charge in [-0.3, -0.25) is 13.4 Å². The number of fused-ring (bicyclic) bond motifs is 1. The predicted octanol–water partition coefficient (Wildman–Crippen LogP) is 1.78. The third-order valence-electron chi connectivity index (χ3n) is 4.95. The normalized spacial score (nSPS) is 20.2. The maximum Gasteiger partial charge on any atom is 0.262 e. The number of hydrogen-bond acceptors (Lipinski definition) is 7. The summed E-state index contributed by atoms with van der Waals surface area (Å²) in [6.07, 6.45) is 0.758. The smallest absolute Gasteiger partial charge is 0.262 e. The van der Waals surface area contributed by atoms with E-state index in [1.807, 2.05) is 6.07 Å². The molecule has 8 heteroatoms. The first-order valence-electron chi connectivity index (χ1n) is 8.93. The summed E-state index contributed by atoms with van der Waals surface area (Å²) in [5, 5.41) is 10.6. The van der Waals surface area contributed by atoms with Crippen molar-refractivity contribution in [1.82, 2.24) is 9.21 Å². The molecule has 1 N–H and O–H groups in total. The van der Waals surface area contributed by atoms with Crippen molar-refractivity contribution >= 4 is 40.4 Å². The molecular formula is C18H24N4O3S. The molecule has 0 bridgehead atoms. The van der Waals surface area contributed by atoms with Crippen molar-refractivity contribution in [2.75, 3.05) is 55.5 Å². The number of piperazine rings is 1. The number of likely N-dealkylation sites (N-methyl/N-ethyl adjacent to an activating group) is 1. The molecule has 2 aliphatic heterocycles. The molecule has 7 nitrogen and oxygen atoms in total. The second-order valence-electron chi connectivity index (χ2n) is 6.89. The monoisotopic (exact) mass is 376 g/mol. The lowest BCUT2D eigenvalue weighted by atomic mass is 10.1. The summed E-state index contributed by atoms with van der Waals surface area (Å²) in [5.41, 5.74) is 3.08. The Morgan fingerprint density at radius 3 is 2.69 bits per heavy atom. The average molecular weight is 376 g/mol. The molecule has 1 unspecified atom stereocenters. The fourth-order valence-electron chi connectivity index (χ4n) is 3.39. The largest absolute Gasteiger partial charge is 0.462 e. The molecule has 1 amide bonds. The van der Waals surface area contributed by atoms with E-state index in [0.29, 0.717) is 6.54 Å². The molecule has 140 valence electrons. The molecule has 2 saturated heterocycles. The van der Waals surface area contributed by atoms with Gasteiger partial charge in [0.2, 0.25) is 0 Å². The molecule has 0 aliphatic carbocycles. The summed E-state index contributed by atoms with van der Waals surface area (Å²) in [6.45, 7) is 6.83. The maximum absolute atomic E-state index is 12.0. The van der Waals surface area contributed by atoms with Crippen LogP contribution in [0.25, 0.3) is 11.0 Å². The van der Waals surface area contributed by atoms with Gasteiger partial charge in [0.15, 0.2) is 5.58 Å². The number of nitrogens with zero attached hydrogens (tertiary/aromatic N) is 4. The van der Waals surface area contributed by atoms with Crippen molar-refractivity contribution in [3.63, 3.8) is 0 Å². The number of furan rings is 1. The van der Waals surface area contributed by atoms with Gasteiger partial charge in [-0.2, -0.15) is 0 Å². The van der Waals surface area contributed by atoms with Crippen LogP contribution in [0.2, 0.25) is 0 Å². The number of amides is 1. The first-order chi connectivity index (χ1) is 12.5. The van der Waals surface area contributed by atoms with Crippen molar-refractivity contribution < 1.29 is 14.3 Å². The Balaban J connectivity index is 1.61. The Hall–Kier alpha value is -1.90. The first kappa shape index (κ1) is 17.5. The zero-order chi connectivity index (χ0) is 18.3. The van der Waals surface area contributed by atoms with Crippen molar-refractivity contribution in [3.8, 4) is 0 Å². The molecular weight excluding hydrogens is 352 g/mol. The van der Waals surface area contributed by atoms with Gasteiger partial charge in [-0.05, 0) is 32.2 Å². The van der Waals surface area contributed by atoms with E-state index in [0.717, 1.165) is 55.1 Å². The zero-order valence-corrected chi connectivity index (χ0v) is 15.9. The van der Waals surface area contributed by atoms with Crippen molar-refractivity contribution in [2.24, 2.45) is 0 Å². The fraction of sp³-hybridized carbons (Fsp3) is 0.500. The number of benzene rings is 1. The summed E-state index contributed by atoms with van der Waals surface area (Å²) < 4.78 is 9.49. The maximum atomic E-state index is 12.0. The Morgan fingerprint density at radius 1 is 1.19 bits per heavy atom. The molecule has 0 radical (unpaired) electrons. The minimum atomic E-state index is -0.972. The number of hydrogen-bond donors (Lipinski definition) is 1. The van der Waals surface area contributed by atoms with E-state index < -0.39 is 6.10 Å². The lowest BCUT2D eigenvalue weighted by Gasteiger charge is -2.34. The minimum Gasteiger partial charge on any atom is -0.462 e. The molecule has 2 fully saturated rings. The molecule has 1 aromatic heterocycles. The molecule has 26 heavy (non-hydrogen) atoms. The second kappa shape index (κ2) is 7.02. The highest BCUT2D eigenvalue weighted by Crippen LogP contribution is 2.38. The summed E-state index contributed by atoms with van der Waals surface area (Å²) in [6, 6.07) is 6.24. The summed E-state index contributed by atoms with van der Waals surface area (Å²) in [7, 11) is 2.14. The lowest BCUT2D eigenvalue weighted by molar-refractivity contribution is -0.133. The van der Waals surface area contributed by atoms with E-state index >= 15 is 0 Å². The van der Waals surface area contributed by atoms with Crippen LogP contribution < -0.4 is 9.21 Å². The van der Waals surface area contributed by atoms with E-state index in [4.69, 9.17) is 4.42 Å². The van der Waals surface area contributed by atoms with E-state index in [1.54, 1.807) is 10.6 Å². The highest BCUT2D eigenvalue weighted by Gasteiger charge is 2.29. The molecule has 4 rings (SSSR count). The molecule has 0 spiro atoms. The Kier molecular flexibility index (Phi) is 4.73. The third-order valence-corrected chi connectivity index (χ3v) is 6.10. The van der Waals surface area contributed by atoms with Gasteiger partial charge in [0.1, 0.15) is 6.10 Å². The standard InChI is InChI=1S/C18H24N4O3S/c1-13(23)18(24)22-9-8-21(26-22)15-11-14-3-10-25-17(14)16(12-15)20-6-4-19(2)5-7-20/h3,10-13,23H,4-9H2,1-2H3. The number of carbonyl (C=O) groups is 1. The van der Waals surface area contributed by atoms with Crippen molar-refractivity contribution in [3.05, 3.63) is 24.5 Å². The Bertz CT molecular complexity index is 801. The van der Waals surface area contributed by atoms with E-state index in [1.165, 1.54) is 19.1 Å². The quantitative estimate of drug-likeness (QED) is 0.819. The molecule has 1 atom stereocenters. The van der Waals surface area contributed by atoms with Crippen molar-refractivity contribution in [1.29, 1.82) is 0 Å². The van der Waals surface area contributed by atoms with Crippen LogP contribution in [0.4, 0.5) is 11.4 Å². The van der Waals surface area contributed by atoms with Crippen LogP contribution in [-0.2, 0) is 4.79 Å². The molecule has 1 aromatic carbocycles. The van der Waals surface area contributed by atoms with Crippen LogP contribution in [-0.4, -0.2) is 72.6 Å². The summed E-state index contributed by atoms with van der Waals surface area (Å²) in [5.74, 6) is -0.249. The van der Waals surface area contributed by atoms with Gasteiger partial charge in [0.25, 0.3) is 5.91 Å². The number of carbonyl (C=O) groups excluding carboxylic acids is 1. The predicted molar refractivity (Wildman–Crippen MR) is 104 cm³/mol. The SMILES string of the molecule is CC(O)C(=O)N1CCN(c2cc(N3CCN(C)CC3)c3occc3c2)S1. The fourth-order valence-corrected chi connectivity index (χ4v) is 4.39. The zero-order valence-electron chi connectivity index (χ0n) is 15.1.